The van der Waals surface area contributed by atoms with Crippen molar-refractivity contribution in [3.63, 3.8) is 0 Å². The highest BCUT2D eigenvalue weighted by atomic mass is 16.3. The minimum Gasteiger partial charge on any atom is -0.387 e. The number of nitrogens with zero attached hydrogens (tertiary/aromatic N) is 2. The monoisotopic (exact) mass is 180 g/mol. The van der Waals surface area contributed by atoms with Crippen LogP contribution in [0.15, 0.2) is 0 Å². The van der Waals surface area contributed by atoms with Gasteiger partial charge in [0, 0.05) is 12.6 Å². The van der Waals surface area contributed by atoms with E-state index in [1.807, 2.05) is 6.92 Å². The van der Waals surface area contributed by atoms with Crippen LogP contribution in [0, 0.1) is 17.2 Å². The molecule has 3 nitrogen and oxygen atoms in total. The van der Waals surface area contributed by atoms with Gasteiger partial charge in [-0.3, -0.25) is 4.90 Å². The molecule has 0 bridgehead atoms. The molecule has 3 heteroatoms. The van der Waals surface area contributed by atoms with Gasteiger partial charge >= 0.3 is 0 Å². The van der Waals surface area contributed by atoms with Crippen molar-refractivity contribution in [2.24, 2.45) is 5.92 Å². The number of aliphatic hydroxyl groups is 1. The summed E-state index contributed by atoms with van der Waals surface area (Å²) in [6, 6.07) is 2.44. The average molecular weight is 180 g/mol. The van der Waals surface area contributed by atoms with Gasteiger partial charge in [-0.05, 0) is 32.7 Å². The number of fused-ring (bicyclic) bond motifs is 1. The second kappa shape index (κ2) is 2.97. The summed E-state index contributed by atoms with van der Waals surface area (Å²) < 4.78 is 0. The Morgan fingerprint density at radius 3 is 3.08 bits per heavy atom. The van der Waals surface area contributed by atoms with E-state index in [1.54, 1.807) is 0 Å². The van der Waals surface area contributed by atoms with Crippen LogP contribution in [0.3, 0.4) is 0 Å². The average Bonchev–Trinajstić information content (AvgIpc) is 2.69. The number of rotatable bonds is 1. The first-order valence-corrected chi connectivity index (χ1v) is 5.04. The Balaban J connectivity index is 2.19. The first-order chi connectivity index (χ1) is 6.18. The van der Waals surface area contributed by atoms with Crippen molar-refractivity contribution in [3.8, 4) is 6.07 Å². The Labute approximate surface area is 79.0 Å². The predicted molar refractivity (Wildman–Crippen MR) is 48.9 cm³/mol. The Morgan fingerprint density at radius 1 is 1.62 bits per heavy atom. The SMILES string of the molecule is CC(C#N)C1(O)CCN2CCCC21. The lowest BCUT2D eigenvalue weighted by Gasteiger charge is -2.31. The summed E-state index contributed by atoms with van der Waals surface area (Å²) >= 11 is 0. The van der Waals surface area contributed by atoms with Crippen LogP contribution in [0.1, 0.15) is 26.2 Å². The van der Waals surface area contributed by atoms with E-state index >= 15 is 0 Å². The normalized spacial score (nSPS) is 41.5. The van der Waals surface area contributed by atoms with Crippen molar-refractivity contribution in [2.45, 2.75) is 37.8 Å². The van der Waals surface area contributed by atoms with Crippen molar-refractivity contribution in [1.29, 1.82) is 5.26 Å². The zero-order chi connectivity index (χ0) is 9.47. The molecule has 0 aliphatic carbocycles. The Morgan fingerprint density at radius 2 is 2.38 bits per heavy atom. The highest BCUT2D eigenvalue weighted by molar-refractivity contribution is 5.09. The Kier molecular flexibility index (Phi) is 2.05. The first kappa shape index (κ1) is 8.98. The molecule has 3 unspecified atom stereocenters. The summed E-state index contributed by atoms with van der Waals surface area (Å²) in [5.41, 5.74) is -0.731. The summed E-state index contributed by atoms with van der Waals surface area (Å²) in [4.78, 5) is 2.33. The van der Waals surface area contributed by atoms with E-state index in [4.69, 9.17) is 5.26 Å². The summed E-state index contributed by atoms with van der Waals surface area (Å²) in [5.74, 6) is -0.236. The molecule has 2 fully saturated rings. The van der Waals surface area contributed by atoms with Crippen LogP contribution < -0.4 is 0 Å². The minimum atomic E-state index is -0.731. The maximum atomic E-state index is 10.4. The molecular formula is C10H16N2O. The van der Waals surface area contributed by atoms with Crippen molar-refractivity contribution in [1.82, 2.24) is 4.90 Å². The number of nitriles is 1. The molecule has 1 N–H and O–H groups in total. The zero-order valence-corrected chi connectivity index (χ0v) is 8.03. The lowest BCUT2D eigenvalue weighted by Crippen LogP contribution is -2.45. The molecule has 72 valence electrons. The second-order valence-corrected chi connectivity index (χ2v) is 4.29. The maximum Gasteiger partial charge on any atom is 0.0968 e. The van der Waals surface area contributed by atoms with Gasteiger partial charge in [0.15, 0.2) is 0 Å². The van der Waals surface area contributed by atoms with Crippen LogP contribution in [0.4, 0.5) is 0 Å². The highest BCUT2D eigenvalue weighted by Crippen LogP contribution is 2.40. The summed E-state index contributed by atoms with van der Waals surface area (Å²) in [7, 11) is 0. The molecule has 2 aliphatic heterocycles. The zero-order valence-electron chi connectivity index (χ0n) is 8.03. The molecule has 0 radical (unpaired) electrons. The van der Waals surface area contributed by atoms with Gasteiger partial charge in [0.1, 0.15) is 0 Å². The first-order valence-electron chi connectivity index (χ1n) is 5.04. The summed E-state index contributed by atoms with van der Waals surface area (Å²) in [6.07, 6.45) is 3.00. The maximum absolute atomic E-state index is 10.4. The number of hydrogen-bond donors (Lipinski definition) is 1. The second-order valence-electron chi connectivity index (χ2n) is 4.29. The third kappa shape index (κ3) is 1.17. The molecule has 2 rings (SSSR count). The molecule has 0 spiro atoms. The fourth-order valence-electron chi connectivity index (χ4n) is 2.77. The largest absolute Gasteiger partial charge is 0.387 e. The molecule has 0 aromatic carbocycles. The number of hydrogen-bond acceptors (Lipinski definition) is 3. The van der Waals surface area contributed by atoms with Gasteiger partial charge < -0.3 is 5.11 Å². The molecule has 0 aromatic heterocycles. The Bertz CT molecular complexity index is 248. The van der Waals surface area contributed by atoms with E-state index in [9.17, 15) is 5.11 Å². The van der Waals surface area contributed by atoms with Gasteiger partial charge in [0.05, 0.1) is 17.6 Å². The van der Waals surface area contributed by atoms with Crippen LogP contribution in [-0.4, -0.2) is 34.7 Å². The van der Waals surface area contributed by atoms with E-state index in [0.717, 1.165) is 25.9 Å². The predicted octanol–water partition coefficient (Wildman–Crippen LogP) is 0.745. The van der Waals surface area contributed by atoms with Crippen molar-refractivity contribution < 1.29 is 5.11 Å². The fraction of sp³-hybridized carbons (Fsp3) is 0.900. The molecular weight excluding hydrogens is 164 g/mol. The standard InChI is InChI=1S/C10H16N2O/c1-8(7-11)10(13)4-6-12-5-2-3-9(10)12/h8-9,13H,2-6H2,1H3. The quantitative estimate of drug-likeness (QED) is 0.647. The molecule has 0 amide bonds. The summed E-state index contributed by atoms with van der Waals surface area (Å²) in [5, 5.41) is 19.2. The van der Waals surface area contributed by atoms with Crippen LogP contribution in [0.5, 0.6) is 0 Å². The van der Waals surface area contributed by atoms with Crippen LogP contribution >= 0.6 is 0 Å². The van der Waals surface area contributed by atoms with Crippen molar-refractivity contribution >= 4 is 0 Å². The third-order valence-electron chi connectivity index (χ3n) is 3.68. The molecule has 2 heterocycles. The lowest BCUT2D eigenvalue weighted by atomic mass is 9.82. The molecule has 0 saturated carbocycles. The van der Waals surface area contributed by atoms with Crippen molar-refractivity contribution in [2.75, 3.05) is 13.1 Å². The van der Waals surface area contributed by atoms with E-state index in [1.165, 1.54) is 6.42 Å². The van der Waals surface area contributed by atoms with E-state index in [2.05, 4.69) is 11.0 Å². The molecule has 0 aromatic rings. The topological polar surface area (TPSA) is 47.3 Å². The fourth-order valence-corrected chi connectivity index (χ4v) is 2.77. The molecule has 2 saturated heterocycles. The van der Waals surface area contributed by atoms with Gasteiger partial charge in [-0.2, -0.15) is 5.26 Å². The lowest BCUT2D eigenvalue weighted by molar-refractivity contribution is -0.0154. The van der Waals surface area contributed by atoms with Gasteiger partial charge in [-0.15, -0.1) is 0 Å². The van der Waals surface area contributed by atoms with Gasteiger partial charge in [0.25, 0.3) is 0 Å². The molecule has 2 aliphatic rings. The van der Waals surface area contributed by atoms with Crippen LogP contribution in [0.2, 0.25) is 0 Å². The van der Waals surface area contributed by atoms with Gasteiger partial charge in [-0.1, -0.05) is 0 Å². The molecule has 13 heavy (non-hydrogen) atoms. The third-order valence-corrected chi connectivity index (χ3v) is 3.68. The highest BCUT2D eigenvalue weighted by Gasteiger charge is 2.51. The smallest absolute Gasteiger partial charge is 0.0968 e. The van der Waals surface area contributed by atoms with Crippen LogP contribution in [0.25, 0.3) is 0 Å². The van der Waals surface area contributed by atoms with Gasteiger partial charge in [0.2, 0.25) is 0 Å². The van der Waals surface area contributed by atoms with E-state index in [0.29, 0.717) is 0 Å². The van der Waals surface area contributed by atoms with Gasteiger partial charge in [-0.25, -0.2) is 0 Å². The Hall–Kier alpha value is -0.590. The minimum absolute atomic E-state index is 0.236. The summed E-state index contributed by atoms with van der Waals surface area (Å²) in [6.45, 7) is 3.90. The van der Waals surface area contributed by atoms with Crippen molar-refractivity contribution in [3.05, 3.63) is 0 Å². The van der Waals surface area contributed by atoms with E-state index in [-0.39, 0.29) is 12.0 Å². The van der Waals surface area contributed by atoms with E-state index < -0.39 is 5.60 Å². The van der Waals surface area contributed by atoms with Crippen LogP contribution in [-0.2, 0) is 0 Å². The molecule has 3 atom stereocenters.